The minimum atomic E-state index is -0.0597. The van der Waals surface area contributed by atoms with E-state index in [-0.39, 0.29) is 17.7 Å². The van der Waals surface area contributed by atoms with Gasteiger partial charge in [0.2, 0.25) is 0 Å². The molecule has 2 heterocycles. The third-order valence-electron chi connectivity index (χ3n) is 4.79. The van der Waals surface area contributed by atoms with Gasteiger partial charge in [-0.15, -0.1) is 0 Å². The van der Waals surface area contributed by atoms with Crippen LogP contribution in [0, 0.1) is 6.92 Å². The molecule has 1 atom stereocenters. The molecule has 6 nitrogen and oxygen atoms in total. The maximum atomic E-state index is 12.3. The van der Waals surface area contributed by atoms with Crippen LogP contribution >= 0.6 is 0 Å². The molecule has 1 saturated heterocycles. The van der Waals surface area contributed by atoms with Crippen molar-refractivity contribution < 1.29 is 9.53 Å². The van der Waals surface area contributed by atoms with Gasteiger partial charge < -0.3 is 19.9 Å². The van der Waals surface area contributed by atoms with Crippen molar-refractivity contribution in [3.05, 3.63) is 17.7 Å². The Morgan fingerprint density at radius 3 is 2.95 bits per heavy atom. The van der Waals surface area contributed by atoms with E-state index < -0.39 is 0 Å². The van der Waals surface area contributed by atoms with Crippen LogP contribution in [0.5, 0.6) is 0 Å². The first-order valence-electron chi connectivity index (χ1n) is 8.22. The predicted molar refractivity (Wildman–Crippen MR) is 83.5 cm³/mol. The number of imidazole rings is 1. The van der Waals surface area contributed by atoms with Gasteiger partial charge in [-0.3, -0.25) is 0 Å². The zero-order valence-corrected chi connectivity index (χ0v) is 13.5. The molecule has 22 heavy (non-hydrogen) atoms. The number of aromatic nitrogens is 2. The smallest absolute Gasteiger partial charge is 0.317 e. The number of nitrogens with zero attached hydrogens (tertiary/aromatic N) is 2. The minimum Gasteiger partial charge on any atom is -0.373 e. The van der Waals surface area contributed by atoms with Crippen LogP contribution in [0.4, 0.5) is 4.79 Å². The van der Waals surface area contributed by atoms with Crippen LogP contribution in [-0.4, -0.2) is 46.2 Å². The van der Waals surface area contributed by atoms with E-state index in [0.29, 0.717) is 13.2 Å². The number of aromatic amines is 1. The molecular weight excluding hydrogens is 280 g/mol. The summed E-state index contributed by atoms with van der Waals surface area (Å²) in [6.07, 6.45) is 8.82. The molecular formula is C16H26N4O2. The van der Waals surface area contributed by atoms with Crippen molar-refractivity contribution in [3.63, 3.8) is 0 Å². The first kappa shape index (κ1) is 15.3. The van der Waals surface area contributed by atoms with Gasteiger partial charge >= 0.3 is 6.03 Å². The summed E-state index contributed by atoms with van der Waals surface area (Å²) in [5.41, 5.74) is 1.04. The standard InChI is InChI=1S/C16H26N4O2/c1-12-9-17-14(18-12)10-20(2)15(21)19-13-8-16(22-11-13)6-4-3-5-7-16/h9,13H,3-8,10-11H2,1-2H3,(H,17,18)(H,19,21)/t13-/m1/s1. The number of ether oxygens (including phenoxy) is 1. The van der Waals surface area contributed by atoms with Crippen molar-refractivity contribution in [1.29, 1.82) is 0 Å². The number of rotatable bonds is 3. The van der Waals surface area contributed by atoms with Crippen molar-refractivity contribution in [3.8, 4) is 0 Å². The molecule has 2 aliphatic rings. The fourth-order valence-corrected chi connectivity index (χ4v) is 3.61. The first-order chi connectivity index (χ1) is 10.6. The van der Waals surface area contributed by atoms with Gasteiger partial charge in [0.15, 0.2) is 0 Å². The van der Waals surface area contributed by atoms with Crippen LogP contribution in [0.15, 0.2) is 6.20 Å². The molecule has 1 aliphatic heterocycles. The van der Waals surface area contributed by atoms with Gasteiger partial charge in [0.1, 0.15) is 5.82 Å². The molecule has 0 unspecified atom stereocenters. The second-order valence-electron chi connectivity index (χ2n) is 6.77. The Bertz CT molecular complexity index is 522. The van der Waals surface area contributed by atoms with Crippen molar-refractivity contribution in [2.24, 2.45) is 0 Å². The monoisotopic (exact) mass is 306 g/mol. The summed E-state index contributed by atoms with van der Waals surface area (Å²) in [4.78, 5) is 21.3. The average molecular weight is 306 g/mol. The Hall–Kier alpha value is -1.56. The van der Waals surface area contributed by atoms with Crippen LogP contribution < -0.4 is 5.32 Å². The van der Waals surface area contributed by atoms with Crippen molar-refractivity contribution in [2.75, 3.05) is 13.7 Å². The van der Waals surface area contributed by atoms with Gasteiger partial charge in [0.25, 0.3) is 0 Å². The molecule has 1 aromatic heterocycles. The molecule has 0 bridgehead atoms. The van der Waals surface area contributed by atoms with Crippen LogP contribution in [0.1, 0.15) is 50.0 Å². The molecule has 1 saturated carbocycles. The normalized spacial score (nSPS) is 23.6. The van der Waals surface area contributed by atoms with Crippen LogP contribution in [0.2, 0.25) is 0 Å². The second kappa shape index (κ2) is 6.28. The Morgan fingerprint density at radius 1 is 1.50 bits per heavy atom. The van der Waals surface area contributed by atoms with E-state index >= 15 is 0 Å². The van der Waals surface area contributed by atoms with E-state index in [1.54, 1.807) is 18.1 Å². The summed E-state index contributed by atoms with van der Waals surface area (Å²) in [7, 11) is 1.79. The van der Waals surface area contributed by atoms with E-state index in [2.05, 4.69) is 15.3 Å². The lowest BCUT2D eigenvalue weighted by atomic mass is 9.82. The van der Waals surface area contributed by atoms with Crippen LogP contribution in [-0.2, 0) is 11.3 Å². The van der Waals surface area contributed by atoms with Gasteiger partial charge in [0, 0.05) is 18.9 Å². The molecule has 3 rings (SSSR count). The SMILES string of the molecule is Cc1cnc(CN(C)C(=O)N[C@H]2COC3(CCCCC3)C2)[nH]1. The average Bonchev–Trinajstić information content (AvgIpc) is 3.07. The first-order valence-corrected chi connectivity index (χ1v) is 8.22. The zero-order valence-electron chi connectivity index (χ0n) is 13.5. The highest BCUT2D eigenvalue weighted by Crippen LogP contribution is 2.39. The van der Waals surface area contributed by atoms with Gasteiger partial charge in [-0.2, -0.15) is 0 Å². The Morgan fingerprint density at radius 2 is 2.27 bits per heavy atom. The summed E-state index contributed by atoms with van der Waals surface area (Å²) in [5, 5.41) is 3.10. The Balaban J connectivity index is 1.49. The highest BCUT2D eigenvalue weighted by molar-refractivity contribution is 5.74. The number of amides is 2. The van der Waals surface area contributed by atoms with Gasteiger partial charge in [-0.05, 0) is 26.2 Å². The zero-order chi connectivity index (χ0) is 15.6. The molecule has 0 aromatic carbocycles. The van der Waals surface area contributed by atoms with E-state index in [0.717, 1.165) is 30.8 Å². The predicted octanol–water partition coefficient (Wildman–Crippen LogP) is 2.35. The molecule has 2 N–H and O–H groups in total. The quantitative estimate of drug-likeness (QED) is 0.900. The molecule has 2 fully saturated rings. The van der Waals surface area contributed by atoms with E-state index in [9.17, 15) is 4.79 Å². The summed E-state index contributed by atoms with van der Waals surface area (Å²) >= 11 is 0. The molecule has 0 radical (unpaired) electrons. The van der Waals surface area contributed by atoms with E-state index in [1.807, 2.05) is 6.92 Å². The number of urea groups is 1. The summed E-state index contributed by atoms with van der Waals surface area (Å²) in [5.74, 6) is 0.807. The summed E-state index contributed by atoms with van der Waals surface area (Å²) in [6, 6.07) is 0.0712. The lowest BCUT2D eigenvalue weighted by molar-refractivity contribution is -0.0246. The number of H-pyrrole nitrogens is 1. The maximum absolute atomic E-state index is 12.3. The maximum Gasteiger partial charge on any atom is 0.317 e. The number of aryl methyl sites for hydroxylation is 1. The number of hydrogen-bond acceptors (Lipinski definition) is 3. The molecule has 1 spiro atoms. The van der Waals surface area contributed by atoms with Gasteiger partial charge in [-0.1, -0.05) is 19.3 Å². The highest BCUT2D eigenvalue weighted by Gasteiger charge is 2.41. The molecule has 1 aromatic rings. The number of hydrogen-bond donors (Lipinski definition) is 2. The number of carbonyl (C=O) groups is 1. The summed E-state index contributed by atoms with van der Waals surface area (Å²) in [6.45, 7) is 3.08. The third-order valence-corrected chi connectivity index (χ3v) is 4.79. The molecule has 122 valence electrons. The highest BCUT2D eigenvalue weighted by atomic mass is 16.5. The molecule has 2 amide bonds. The lowest BCUT2D eigenvalue weighted by Gasteiger charge is -2.32. The largest absolute Gasteiger partial charge is 0.373 e. The van der Waals surface area contributed by atoms with Crippen LogP contribution in [0.3, 0.4) is 0 Å². The fourth-order valence-electron chi connectivity index (χ4n) is 3.61. The lowest BCUT2D eigenvalue weighted by Crippen LogP contribution is -2.44. The van der Waals surface area contributed by atoms with E-state index in [4.69, 9.17) is 4.74 Å². The number of nitrogens with one attached hydrogen (secondary N) is 2. The Kier molecular flexibility index (Phi) is 4.38. The van der Waals surface area contributed by atoms with E-state index in [1.165, 1.54) is 19.3 Å². The van der Waals surface area contributed by atoms with Gasteiger partial charge in [-0.25, -0.2) is 9.78 Å². The summed E-state index contributed by atoms with van der Waals surface area (Å²) < 4.78 is 6.04. The third kappa shape index (κ3) is 3.43. The molecule has 6 heteroatoms. The van der Waals surface area contributed by atoms with Crippen LogP contribution in [0.25, 0.3) is 0 Å². The topological polar surface area (TPSA) is 70.2 Å². The second-order valence-corrected chi connectivity index (χ2v) is 6.77. The van der Waals surface area contributed by atoms with Crippen molar-refractivity contribution in [2.45, 2.75) is 63.6 Å². The van der Waals surface area contributed by atoms with Gasteiger partial charge in [0.05, 0.1) is 24.8 Å². The fraction of sp³-hybridized carbons (Fsp3) is 0.750. The van der Waals surface area contributed by atoms with Crippen molar-refractivity contribution >= 4 is 6.03 Å². The van der Waals surface area contributed by atoms with Crippen molar-refractivity contribution in [1.82, 2.24) is 20.2 Å². The Labute approximate surface area is 131 Å². The minimum absolute atomic E-state index is 0.0346. The molecule has 1 aliphatic carbocycles. The number of carbonyl (C=O) groups excluding carboxylic acids is 1.